The molecular formula is C43H87NO4. The number of nitrogens with zero attached hydrogens (tertiary/aromatic N) is 1. The minimum Gasteiger partial charge on any atom is -0.483 e. The third-order valence-electron chi connectivity index (χ3n) is 10.0. The summed E-state index contributed by atoms with van der Waals surface area (Å²) in [5, 5.41) is 6.89. The predicted octanol–water partition coefficient (Wildman–Crippen LogP) is 13.7. The van der Waals surface area contributed by atoms with Gasteiger partial charge in [0, 0.05) is 6.42 Å². The summed E-state index contributed by atoms with van der Waals surface area (Å²) >= 11 is 0. The average Bonchev–Trinajstić information content (AvgIpc) is 3.08. The van der Waals surface area contributed by atoms with Crippen LogP contribution in [0.3, 0.4) is 0 Å². The van der Waals surface area contributed by atoms with E-state index in [0.29, 0.717) is 13.0 Å². The van der Waals surface area contributed by atoms with Crippen LogP contribution in [0.4, 0.5) is 0 Å². The van der Waals surface area contributed by atoms with Gasteiger partial charge in [-0.15, -0.1) is 0 Å². The number of carbonyl (C=O) groups is 2. The van der Waals surface area contributed by atoms with Crippen molar-refractivity contribution in [2.24, 2.45) is 5.92 Å². The van der Waals surface area contributed by atoms with Crippen LogP contribution in [0.2, 0.25) is 0 Å². The van der Waals surface area contributed by atoms with Crippen LogP contribution in [-0.4, -0.2) is 49.2 Å². The summed E-state index contributed by atoms with van der Waals surface area (Å²) in [5.74, 6) is 1.02. The smallest absolute Gasteiger partial charge is 0.305 e. The maximum absolute atomic E-state index is 11.7. The zero-order valence-electron chi connectivity index (χ0n) is 33.2. The summed E-state index contributed by atoms with van der Waals surface area (Å²) in [6, 6.07) is 0. The van der Waals surface area contributed by atoms with E-state index in [1.54, 1.807) is 0 Å². The van der Waals surface area contributed by atoms with Gasteiger partial charge in [-0.25, -0.2) is 0 Å². The van der Waals surface area contributed by atoms with Gasteiger partial charge < -0.3 is 14.7 Å². The Kier molecular flexibility index (Phi) is 44.8. The largest absolute Gasteiger partial charge is 0.483 e. The van der Waals surface area contributed by atoms with Crippen molar-refractivity contribution in [2.75, 3.05) is 26.7 Å². The fourth-order valence-corrected chi connectivity index (χ4v) is 6.82. The molecule has 0 aromatic rings. The maximum atomic E-state index is 11.7. The van der Waals surface area contributed by atoms with Gasteiger partial charge in [-0.1, -0.05) is 201 Å². The minimum atomic E-state index is -0.250. The van der Waals surface area contributed by atoms with E-state index in [1.807, 2.05) is 0 Å². The molecule has 1 N–H and O–H groups in total. The van der Waals surface area contributed by atoms with Crippen molar-refractivity contribution in [1.29, 1.82) is 0 Å². The molecule has 0 rings (SSSR count). The second-order valence-electron chi connectivity index (χ2n) is 14.8. The van der Waals surface area contributed by atoms with E-state index in [2.05, 4.69) is 32.7 Å². The molecule has 0 radical (unpaired) electrons. The van der Waals surface area contributed by atoms with Crippen molar-refractivity contribution < 1.29 is 19.4 Å². The molecule has 0 saturated carbocycles. The zero-order chi connectivity index (χ0) is 35.6. The SMILES string of the molecule is CCCCCCCCC(CCCCCCCC)CCCCCCCN(C)CCCCCCCCCCCC(=O)OCCCCC.O=CO. The highest BCUT2D eigenvalue weighted by molar-refractivity contribution is 5.69. The van der Waals surface area contributed by atoms with Crippen molar-refractivity contribution in [3.05, 3.63) is 0 Å². The molecule has 0 fully saturated rings. The number of rotatable bonds is 38. The molecule has 0 aromatic heterocycles. The summed E-state index contributed by atoms with van der Waals surface area (Å²) in [6.45, 7) is 9.74. The Bertz CT molecular complexity index is 598. The molecule has 288 valence electrons. The molecule has 0 aromatic carbocycles. The van der Waals surface area contributed by atoms with Gasteiger partial charge in [-0.05, 0) is 51.7 Å². The molecule has 5 heteroatoms. The van der Waals surface area contributed by atoms with Crippen molar-refractivity contribution in [2.45, 2.75) is 233 Å². The molecule has 0 aliphatic heterocycles. The van der Waals surface area contributed by atoms with Crippen molar-refractivity contribution >= 4 is 12.4 Å². The number of carbonyl (C=O) groups excluding carboxylic acids is 1. The monoisotopic (exact) mass is 682 g/mol. The van der Waals surface area contributed by atoms with Gasteiger partial charge in [0.2, 0.25) is 0 Å². The Morgan fingerprint density at radius 2 is 0.833 bits per heavy atom. The first-order valence-electron chi connectivity index (χ1n) is 21.5. The molecular weight excluding hydrogens is 594 g/mol. The molecule has 48 heavy (non-hydrogen) atoms. The molecule has 0 aliphatic carbocycles. The zero-order valence-corrected chi connectivity index (χ0v) is 33.2. The molecule has 0 amide bonds. The summed E-state index contributed by atoms with van der Waals surface area (Å²) in [6.07, 6.45) is 44.6. The van der Waals surface area contributed by atoms with Crippen LogP contribution >= 0.6 is 0 Å². The Labute approximate surface area is 301 Å². The van der Waals surface area contributed by atoms with E-state index in [-0.39, 0.29) is 12.4 Å². The standard InChI is InChI=1S/C42H85NO2.CH2O2/c1-5-8-11-13-21-27-34-41(35-28-22-14-12-9-6-2)36-29-23-20-26-32-39-43(4)38-31-25-19-17-15-16-18-24-30-37-42(44)45-40-33-10-7-3;2-1-3/h41H,5-40H2,1-4H3;1H,(H,2,3). The van der Waals surface area contributed by atoms with Gasteiger partial charge in [0.15, 0.2) is 0 Å². The van der Waals surface area contributed by atoms with Crippen molar-refractivity contribution in [1.82, 2.24) is 4.90 Å². The molecule has 0 spiro atoms. The number of esters is 1. The number of hydrogen-bond acceptors (Lipinski definition) is 4. The van der Waals surface area contributed by atoms with Gasteiger partial charge in [0.05, 0.1) is 6.61 Å². The highest BCUT2D eigenvalue weighted by Crippen LogP contribution is 2.25. The van der Waals surface area contributed by atoms with Crippen LogP contribution in [0.1, 0.15) is 233 Å². The first-order valence-corrected chi connectivity index (χ1v) is 21.5. The van der Waals surface area contributed by atoms with Crippen LogP contribution in [0.5, 0.6) is 0 Å². The lowest BCUT2D eigenvalue weighted by atomic mass is 9.89. The summed E-state index contributed by atoms with van der Waals surface area (Å²) < 4.78 is 5.29. The lowest BCUT2D eigenvalue weighted by Crippen LogP contribution is -2.20. The predicted molar refractivity (Wildman–Crippen MR) is 210 cm³/mol. The second kappa shape index (κ2) is 43.9. The van der Waals surface area contributed by atoms with Gasteiger partial charge in [0.25, 0.3) is 6.47 Å². The van der Waals surface area contributed by atoms with E-state index in [0.717, 1.165) is 25.2 Å². The van der Waals surface area contributed by atoms with E-state index in [1.165, 1.54) is 199 Å². The Morgan fingerprint density at radius 3 is 1.23 bits per heavy atom. The third-order valence-corrected chi connectivity index (χ3v) is 10.0. The highest BCUT2D eigenvalue weighted by atomic mass is 16.5. The normalized spacial score (nSPS) is 11.2. The van der Waals surface area contributed by atoms with E-state index in [4.69, 9.17) is 14.6 Å². The second-order valence-corrected chi connectivity index (χ2v) is 14.8. The highest BCUT2D eigenvalue weighted by Gasteiger charge is 2.09. The van der Waals surface area contributed by atoms with Gasteiger partial charge >= 0.3 is 5.97 Å². The van der Waals surface area contributed by atoms with Crippen LogP contribution in [0.15, 0.2) is 0 Å². The molecule has 5 nitrogen and oxygen atoms in total. The van der Waals surface area contributed by atoms with Crippen LogP contribution in [0, 0.1) is 5.92 Å². The van der Waals surface area contributed by atoms with Gasteiger partial charge in [-0.3, -0.25) is 9.59 Å². The molecule has 0 saturated heterocycles. The number of hydrogen-bond donors (Lipinski definition) is 1. The Morgan fingerprint density at radius 1 is 0.521 bits per heavy atom. The van der Waals surface area contributed by atoms with E-state index in [9.17, 15) is 4.79 Å². The topological polar surface area (TPSA) is 66.8 Å². The molecule has 0 atom stereocenters. The number of carboxylic acid groups (broad SMARTS) is 1. The van der Waals surface area contributed by atoms with Crippen molar-refractivity contribution in [3.8, 4) is 0 Å². The summed E-state index contributed by atoms with van der Waals surface area (Å²) in [7, 11) is 2.33. The average molecular weight is 682 g/mol. The number of ether oxygens (including phenoxy) is 1. The first kappa shape index (κ1) is 49.0. The first-order chi connectivity index (χ1) is 23.5. The fraction of sp³-hybridized carbons (Fsp3) is 0.953. The summed E-state index contributed by atoms with van der Waals surface area (Å²) in [5.41, 5.74) is 0. The van der Waals surface area contributed by atoms with Crippen LogP contribution in [-0.2, 0) is 14.3 Å². The Balaban J connectivity index is 0. The maximum Gasteiger partial charge on any atom is 0.305 e. The fourth-order valence-electron chi connectivity index (χ4n) is 6.82. The van der Waals surface area contributed by atoms with Crippen LogP contribution in [0.25, 0.3) is 0 Å². The lowest BCUT2D eigenvalue weighted by Gasteiger charge is -2.18. The third kappa shape index (κ3) is 42.9. The molecule has 0 bridgehead atoms. The molecule has 0 heterocycles. The van der Waals surface area contributed by atoms with Gasteiger partial charge in [-0.2, -0.15) is 0 Å². The van der Waals surface area contributed by atoms with Crippen LogP contribution < -0.4 is 0 Å². The number of unbranched alkanes of at least 4 members (excludes halogenated alkanes) is 24. The minimum absolute atomic E-state index is 0.00690. The van der Waals surface area contributed by atoms with E-state index >= 15 is 0 Å². The lowest BCUT2D eigenvalue weighted by molar-refractivity contribution is -0.143. The summed E-state index contributed by atoms with van der Waals surface area (Å²) in [4.78, 5) is 22.6. The molecule has 0 unspecified atom stereocenters. The van der Waals surface area contributed by atoms with Crippen molar-refractivity contribution in [3.63, 3.8) is 0 Å². The Hall–Kier alpha value is -1.10. The quantitative estimate of drug-likeness (QED) is 0.0399. The van der Waals surface area contributed by atoms with E-state index < -0.39 is 0 Å². The van der Waals surface area contributed by atoms with Gasteiger partial charge in [0.1, 0.15) is 0 Å². The molecule has 0 aliphatic rings.